The van der Waals surface area contributed by atoms with Crippen LogP contribution in [0.5, 0.6) is 5.75 Å². The zero-order chi connectivity index (χ0) is 14.3. The Labute approximate surface area is 115 Å². The third-order valence-corrected chi connectivity index (χ3v) is 2.86. The quantitative estimate of drug-likeness (QED) is 0.820. The molecule has 106 valence electrons. The van der Waals surface area contributed by atoms with E-state index in [0.29, 0.717) is 19.6 Å². The van der Waals surface area contributed by atoms with Crippen molar-refractivity contribution in [2.45, 2.75) is 33.2 Å². The number of benzene rings is 1. The van der Waals surface area contributed by atoms with Crippen LogP contribution >= 0.6 is 0 Å². The second kappa shape index (κ2) is 7.79. The molecule has 0 unspecified atom stereocenters. The van der Waals surface area contributed by atoms with Crippen molar-refractivity contribution >= 4 is 5.91 Å². The minimum atomic E-state index is -0.0113. The lowest BCUT2D eigenvalue weighted by molar-refractivity contribution is -0.133. The Hall–Kier alpha value is -1.55. The molecule has 1 aromatic rings. The Morgan fingerprint density at radius 1 is 1.42 bits per heavy atom. The molecule has 0 bridgehead atoms. The Kier molecular flexibility index (Phi) is 6.36. The minimum absolute atomic E-state index is 0.0108. The summed E-state index contributed by atoms with van der Waals surface area (Å²) in [6, 6.07) is 7.85. The van der Waals surface area contributed by atoms with Gasteiger partial charge in [0.2, 0.25) is 5.91 Å². The van der Waals surface area contributed by atoms with Gasteiger partial charge in [-0.05, 0) is 38.5 Å². The van der Waals surface area contributed by atoms with E-state index < -0.39 is 0 Å². The third-order valence-electron chi connectivity index (χ3n) is 2.86. The van der Waals surface area contributed by atoms with Crippen LogP contribution in [0, 0.1) is 6.92 Å². The smallest absolute Gasteiger partial charge is 0.226 e. The van der Waals surface area contributed by atoms with Crippen LogP contribution < -0.4 is 4.74 Å². The zero-order valence-corrected chi connectivity index (χ0v) is 11.9. The van der Waals surface area contributed by atoms with Crippen LogP contribution in [0.2, 0.25) is 0 Å². The number of aryl methyl sites for hydroxylation is 1. The largest absolute Gasteiger partial charge is 0.493 e. The van der Waals surface area contributed by atoms with Crippen LogP contribution in [0.1, 0.15) is 25.8 Å². The van der Waals surface area contributed by atoms with E-state index in [0.717, 1.165) is 11.3 Å². The SMILES string of the molecule is Cc1cccc(OCCC(=O)N(CCO)C(C)C)c1. The fourth-order valence-corrected chi connectivity index (χ4v) is 1.88. The molecule has 0 atom stereocenters. The predicted octanol–water partition coefficient (Wildman–Crippen LogP) is 1.99. The zero-order valence-electron chi connectivity index (χ0n) is 11.9. The van der Waals surface area contributed by atoms with E-state index >= 15 is 0 Å². The Balaban J connectivity index is 2.41. The molecule has 0 saturated carbocycles. The molecule has 0 heterocycles. The van der Waals surface area contributed by atoms with Gasteiger partial charge in [-0.2, -0.15) is 0 Å². The van der Waals surface area contributed by atoms with E-state index in [9.17, 15) is 4.79 Å². The Bertz CT molecular complexity index is 404. The van der Waals surface area contributed by atoms with Crippen LogP contribution in [0.15, 0.2) is 24.3 Å². The van der Waals surface area contributed by atoms with E-state index in [4.69, 9.17) is 9.84 Å². The van der Waals surface area contributed by atoms with Gasteiger partial charge in [-0.3, -0.25) is 4.79 Å². The molecule has 0 saturated heterocycles. The van der Waals surface area contributed by atoms with Gasteiger partial charge in [0.1, 0.15) is 5.75 Å². The summed E-state index contributed by atoms with van der Waals surface area (Å²) >= 11 is 0. The maximum absolute atomic E-state index is 12.0. The highest BCUT2D eigenvalue weighted by Crippen LogP contribution is 2.12. The molecule has 0 aliphatic rings. The van der Waals surface area contributed by atoms with Gasteiger partial charge in [-0.25, -0.2) is 0 Å². The fourth-order valence-electron chi connectivity index (χ4n) is 1.88. The highest BCUT2D eigenvalue weighted by molar-refractivity contribution is 5.76. The fraction of sp³-hybridized carbons (Fsp3) is 0.533. The standard InChI is InChI=1S/C15H23NO3/c1-12(2)16(8-9-17)15(18)7-10-19-14-6-4-5-13(3)11-14/h4-6,11-12,17H,7-10H2,1-3H3. The number of carbonyl (C=O) groups excluding carboxylic acids is 1. The first-order valence-electron chi connectivity index (χ1n) is 6.64. The van der Waals surface area contributed by atoms with Gasteiger partial charge in [0.25, 0.3) is 0 Å². The van der Waals surface area contributed by atoms with Crippen molar-refractivity contribution in [1.29, 1.82) is 0 Å². The average molecular weight is 265 g/mol. The Morgan fingerprint density at radius 3 is 2.74 bits per heavy atom. The van der Waals surface area contributed by atoms with E-state index in [2.05, 4.69) is 0 Å². The summed E-state index contributed by atoms with van der Waals surface area (Å²) in [6.07, 6.45) is 0.326. The number of aliphatic hydroxyl groups is 1. The second-order valence-corrected chi connectivity index (χ2v) is 4.82. The second-order valence-electron chi connectivity index (χ2n) is 4.82. The lowest BCUT2D eigenvalue weighted by Crippen LogP contribution is -2.39. The molecule has 0 fully saturated rings. The summed E-state index contributed by atoms with van der Waals surface area (Å²) in [7, 11) is 0. The van der Waals surface area contributed by atoms with Crippen molar-refractivity contribution in [1.82, 2.24) is 4.90 Å². The van der Waals surface area contributed by atoms with E-state index in [-0.39, 0.29) is 18.6 Å². The summed E-state index contributed by atoms with van der Waals surface area (Å²) in [5.41, 5.74) is 1.13. The van der Waals surface area contributed by atoms with Gasteiger partial charge in [-0.15, -0.1) is 0 Å². The Morgan fingerprint density at radius 2 is 2.16 bits per heavy atom. The summed E-state index contributed by atoms with van der Waals surface area (Å²) in [6.45, 7) is 6.60. The van der Waals surface area contributed by atoms with Gasteiger partial charge >= 0.3 is 0 Å². The molecule has 1 N–H and O–H groups in total. The van der Waals surface area contributed by atoms with Crippen LogP contribution in [-0.2, 0) is 4.79 Å². The van der Waals surface area contributed by atoms with Crippen LogP contribution in [0.25, 0.3) is 0 Å². The number of carbonyl (C=O) groups is 1. The number of ether oxygens (including phenoxy) is 1. The molecule has 1 rings (SSSR count). The van der Waals surface area contributed by atoms with E-state index in [1.165, 1.54) is 0 Å². The lowest BCUT2D eigenvalue weighted by atomic mass is 10.2. The van der Waals surface area contributed by atoms with E-state index in [1.54, 1.807) is 4.90 Å². The van der Waals surface area contributed by atoms with E-state index in [1.807, 2.05) is 45.0 Å². The molecular formula is C15H23NO3. The third kappa shape index (κ3) is 5.30. The molecule has 1 amide bonds. The molecule has 0 aliphatic heterocycles. The highest BCUT2D eigenvalue weighted by Gasteiger charge is 2.15. The normalized spacial score (nSPS) is 10.6. The van der Waals surface area contributed by atoms with Gasteiger partial charge in [0.15, 0.2) is 0 Å². The number of aliphatic hydroxyl groups excluding tert-OH is 1. The topological polar surface area (TPSA) is 49.8 Å². The van der Waals surface area contributed by atoms with Crippen LogP contribution in [0.3, 0.4) is 0 Å². The van der Waals surface area contributed by atoms with Crippen molar-refractivity contribution in [3.63, 3.8) is 0 Å². The maximum atomic E-state index is 12.0. The number of hydrogen-bond donors (Lipinski definition) is 1. The molecule has 4 heteroatoms. The summed E-state index contributed by atoms with van der Waals surface area (Å²) in [4.78, 5) is 13.6. The van der Waals surface area contributed by atoms with Gasteiger partial charge in [-0.1, -0.05) is 12.1 Å². The molecule has 0 aliphatic carbocycles. The van der Waals surface area contributed by atoms with Gasteiger partial charge in [0, 0.05) is 12.6 Å². The number of amides is 1. The minimum Gasteiger partial charge on any atom is -0.493 e. The van der Waals surface area contributed by atoms with Gasteiger partial charge < -0.3 is 14.7 Å². The summed E-state index contributed by atoms with van der Waals surface area (Å²) in [5.74, 6) is 0.794. The monoisotopic (exact) mass is 265 g/mol. The van der Waals surface area contributed by atoms with Crippen molar-refractivity contribution in [3.8, 4) is 5.75 Å². The first-order chi connectivity index (χ1) is 9.04. The van der Waals surface area contributed by atoms with Crippen molar-refractivity contribution in [2.24, 2.45) is 0 Å². The highest BCUT2D eigenvalue weighted by atomic mass is 16.5. The van der Waals surface area contributed by atoms with Crippen LogP contribution in [-0.4, -0.2) is 41.7 Å². The molecule has 0 radical (unpaired) electrons. The molecule has 0 spiro atoms. The van der Waals surface area contributed by atoms with Crippen molar-refractivity contribution in [3.05, 3.63) is 29.8 Å². The van der Waals surface area contributed by atoms with Crippen molar-refractivity contribution < 1.29 is 14.6 Å². The molecule has 1 aromatic carbocycles. The van der Waals surface area contributed by atoms with Crippen molar-refractivity contribution in [2.75, 3.05) is 19.8 Å². The van der Waals surface area contributed by atoms with Gasteiger partial charge in [0.05, 0.1) is 19.6 Å². The number of hydrogen-bond acceptors (Lipinski definition) is 3. The average Bonchev–Trinajstić information content (AvgIpc) is 2.35. The lowest BCUT2D eigenvalue weighted by Gasteiger charge is -2.25. The number of nitrogens with zero attached hydrogens (tertiary/aromatic N) is 1. The predicted molar refractivity (Wildman–Crippen MR) is 75.2 cm³/mol. The summed E-state index contributed by atoms with van der Waals surface area (Å²) < 4.78 is 5.56. The van der Waals surface area contributed by atoms with Crippen LogP contribution in [0.4, 0.5) is 0 Å². The molecule has 19 heavy (non-hydrogen) atoms. The maximum Gasteiger partial charge on any atom is 0.226 e. The summed E-state index contributed by atoms with van der Waals surface area (Å²) in [5, 5.41) is 8.94. The molecule has 4 nitrogen and oxygen atoms in total. The first kappa shape index (κ1) is 15.5. The first-order valence-corrected chi connectivity index (χ1v) is 6.64. The molecule has 0 aromatic heterocycles. The number of rotatable bonds is 7. The molecular weight excluding hydrogens is 242 g/mol.